The minimum atomic E-state index is -1.59. The average Bonchev–Trinajstić information content (AvgIpc) is 3.67. The maximum absolute atomic E-state index is 13.1. The molecule has 0 spiro atoms. The number of aromatic nitrogens is 8. The number of halogens is 2. The molecule has 4 heterocycles. The normalized spacial score (nSPS) is 16.6. The summed E-state index contributed by atoms with van der Waals surface area (Å²) in [5.41, 5.74) is -0.799. The van der Waals surface area contributed by atoms with Crippen LogP contribution in [0.1, 0.15) is 59.4 Å². The Hall–Kier alpha value is -4.58. The molecule has 0 radical (unpaired) electrons. The summed E-state index contributed by atoms with van der Waals surface area (Å²) >= 11 is 10.2. The van der Waals surface area contributed by atoms with E-state index >= 15 is 0 Å². The van der Waals surface area contributed by atoms with Crippen molar-refractivity contribution in [2.24, 2.45) is 7.05 Å². The maximum atomic E-state index is 13.1. The molecule has 3 aromatic heterocycles. The van der Waals surface area contributed by atoms with Crippen molar-refractivity contribution in [3.63, 3.8) is 0 Å². The monoisotopic (exact) mass is 747 g/mol. The number of hydrogen-bond donors (Lipinski definition) is 2. The standard InChI is InChI=1S/C29H35BrClN11O6/c1-27(2,3)47-24(43)35-29(23-36-37-38-39(23)7)8-9-40(13-29)19-11-16(31)10-18(30)17(19)12-41-15-34-20-21(41)32-14-33-22(20)42(25(44)45)26(46)48-28(4,5)6/h10-11,14-15H,8-9,12-13H2,1-7H3,(H,35,43)(H,44,45)/t29-/m1/s1. The summed E-state index contributed by atoms with van der Waals surface area (Å²) in [7, 11) is 1.70. The molecular weight excluding hydrogens is 714 g/mol. The van der Waals surface area contributed by atoms with Gasteiger partial charge in [0.1, 0.15) is 23.1 Å². The number of carboxylic acid groups (broad SMARTS) is 1. The first-order valence-electron chi connectivity index (χ1n) is 14.8. The van der Waals surface area contributed by atoms with E-state index in [9.17, 15) is 19.5 Å². The third-order valence-corrected chi connectivity index (χ3v) is 8.15. The number of carbonyl (C=O) groups is 3. The van der Waals surface area contributed by atoms with Crippen molar-refractivity contribution < 1.29 is 29.0 Å². The van der Waals surface area contributed by atoms with Crippen LogP contribution in [0.2, 0.25) is 5.02 Å². The lowest BCUT2D eigenvalue weighted by Crippen LogP contribution is -2.51. The molecule has 1 aromatic carbocycles. The molecule has 0 aliphatic carbocycles. The van der Waals surface area contributed by atoms with Crippen molar-refractivity contribution in [1.82, 2.24) is 45.0 Å². The van der Waals surface area contributed by atoms with E-state index in [0.717, 1.165) is 17.6 Å². The summed E-state index contributed by atoms with van der Waals surface area (Å²) in [5, 5.41) is 25.4. The van der Waals surface area contributed by atoms with Crippen molar-refractivity contribution in [3.05, 3.63) is 45.7 Å². The first kappa shape index (κ1) is 34.7. The Morgan fingerprint density at radius 1 is 1.10 bits per heavy atom. The molecule has 0 bridgehead atoms. The van der Waals surface area contributed by atoms with Gasteiger partial charge in [-0.05, 0) is 70.5 Å². The molecule has 1 atom stereocenters. The lowest BCUT2D eigenvalue weighted by Gasteiger charge is -2.31. The zero-order chi connectivity index (χ0) is 35.2. The molecule has 17 nitrogen and oxygen atoms in total. The second-order valence-corrected chi connectivity index (χ2v) is 14.5. The molecule has 1 aliphatic heterocycles. The van der Waals surface area contributed by atoms with E-state index in [1.54, 1.807) is 59.2 Å². The van der Waals surface area contributed by atoms with Crippen molar-refractivity contribution in [2.45, 2.75) is 71.2 Å². The minimum Gasteiger partial charge on any atom is -0.464 e. The molecule has 1 fully saturated rings. The van der Waals surface area contributed by atoms with Crippen LogP contribution in [0.25, 0.3) is 11.2 Å². The van der Waals surface area contributed by atoms with E-state index < -0.39 is 35.0 Å². The van der Waals surface area contributed by atoms with Crippen molar-refractivity contribution in [3.8, 4) is 0 Å². The molecule has 5 rings (SSSR count). The highest BCUT2D eigenvalue weighted by atomic mass is 79.9. The van der Waals surface area contributed by atoms with Crippen LogP contribution in [0.3, 0.4) is 0 Å². The number of benzene rings is 1. The summed E-state index contributed by atoms with van der Waals surface area (Å²) in [4.78, 5) is 53.4. The maximum Gasteiger partial charge on any atom is 0.425 e. The van der Waals surface area contributed by atoms with E-state index in [2.05, 4.69) is 56.6 Å². The Balaban J connectivity index is 1.51. The SMILES string of the molecule is Cn1nnnc1[C@@]1(NC(=O)OC(C)(C)C)CCN(c2cc(Cl)cc(Br)c2Cn2cnc3c(N(C(=O)O)C(=O)OC(C)(C)C)ncnc32)C1. The van der Waals surface area contributed by atoms with Gasteiger partial charge < -0.3 is 29.4 Å². The number of alkyl carbamates (subject to hydrolysis) is 1. The first-order chi connectivity index (χ1) is 22.4. The van der Waals surface area contributed by atoms with Crippen LogP contribution >= 0.6 is 27.5 Å². The summed E-state index contributed by atoms with van der Waals surface area (Å²) < 4.78 is 14.8. The zero-order valence-electron chi connectivity index (χ0n) is 27.4. The molecule has 1 aliphatic rings. The molecule has 2 N–H and O–H groups in total. The van der Waals surface area contributed by atoms with Crippen LogP contribution in [0.15, 0.2) is 29.3 Å². The van der Waals surface area contributed by atoms with Gasteiger partial charge in [-0.3, -0.25) is 0 Å². The minimum absolute atomic E-state index is 0.0777. The number of imidazole rings is 1. The number of nitrogens with one attached hydrogen (secondary N) is 1. The van der Waals surface area contributed by atoms with Gasteiger partial charge in [0.15, 0.2) is 22.8 Å². The number of tetrazole rings is 1. The molecule has 1 saturated heterocycles. The second kappa shape index (κ2) is 12.8. The fourth-order valence-corrected chi connectivity index (χ4v) is 6.32. The van der Waals surface area contributed by atoms with Gasteiger partial charge in [-0.25, -0.2) is 34.0 Å². The van der Waals surface area contributed by atoms with Crippen LogP contribution < -0.4 is 15.1 Å². The highest BCUT2D eigenvalue weighted by Gasteiger charge is 2.46. The van der Waals surface area contributed by atoms with Crippen LogP contribution in [-0.2, 0) is 28.6 Å². The van der Waals surface area contributed by atoms with Gasteiger partial charge in [-0.1, -0.05) is 27.5 Å². The quantitative estimate of drug-likeness (QED) is 0.272. The van der Waals surface area contributed by atoms with Crippen LogP contribution in [-0.4, -0.2) is 87.4 Å². The number of ether oxygens (including phenoxy) is 2. The predicted octanol–water partition coefficient (Wildman–Crippen LogP) is 4.86. The molecule has 0 unspecified atom stereocenters. The van der Waals surface area contributed by atoms with Gasteiger partial charge in [-0.2, -0.15) is 4.90 Å². The van der Waals surface area contributed by atoms with Crippen molar-refractivity contribution >= 4 is 68.5 Å². The Kier molecular flexibility index (Phi) is 9.26. The third kappa shape index (κ3) is 7.28. The van der Waals surface area contributed by atoms with E-state index in [-0.39, 0.29) is 30.1 Å². The number of hydrogen-bond acceptors (Lipinski definition) is 12. The summed E-state index contributed by atoms with van der Waals surface area (Å²) in [6.07, 6.45) is -0.237. The van der Waals surface area contributed by atoms with E-state index in [4.69, 9.17) is 21.1 Å². The fraction of sp³-hybridized carbons (Fsp3) is 0.483. The average molecular weight is 749 g/mol. The van der Waals surface area contributed by atoms with E-state index in [1.165, 1.54) is 11.0 Å². The number of carbonyl (C=O) groups excluding carboxylic acids is 2. The largest absolute Gasteiger partial charge is 0.464 e. The number of amides is 3. The summed E-state index contributed by atoms with van der Waals surface area (Å²) in [6, 6.07) is 3.57. The van der Waals surface area contributed by atoms with E-state index in [1.807, 2.05) is 6.07 Å². The Morgan fingerprint density at radius 2 is 1.81 bits per heavy atom. The highest BCUT2D eigenvalue weighted by molar-refractivity contribution is 9.10. The molecule has 19 heteroatoms. The summed E-state index contributed by atoms with van der Waals surface area (Å²) in [5.74, 6) is 0.210. The van der Waals surface area contributed by atoms with Gasteiger partial charge in [0.25, 0.3) is 0 Å². The Bertz CT molecular complexity index is 1890. The molecule has 256 valence electrons. The molecule has 3 amide bonds. The number of nitrogens with zero attached hydrogens (tertiary/aromatic N) is 10. The predicted molar refractivity (Wildman–Crippen MR) is 177 cm³/mol. The third-order valence-electron chi connectivity index (χ3n) is 7.22. The van der Waals surface area contributed by atoms with Crippen molar-refractivity contribution in [1.29, 1.82) is 0 Å². The first-order valence-corrected chi connectivity index (χ1v) is 15.9. The van der Waals surface area contributed by atoms with Crippen LogP contribution in [0, 0.1) is 0 Å². The molecule has 48 heavy (non-hydrogen) atoms. The number of imide groups is 1. The zero-order valence-corrected chi connectivity index (χ0v) is 29.7. The lowest BCUT2D eigenvalue weighted by molar-refractivity contribution is 0.0453. The molecule has 0 saturated carbocycles. The Labute approximate surface area is 288 Å². The number of rotatable bonds is 6. The van der Waals surface area contributed by atoms with Crippen molar-refractivity contribution in [2.75, 3.05) is 22.9 Å². The van der Waals surface area contributed by atoms with Gasteiger partial charge in [0, 0.05) is 40.9 Å². The van der Waals surface area contributed by atoms with Gasteiger partial charge in [-0.15, -0.1) is 5.10 Å². The number of anilines is 2. The second-order valence-electron chi connectivity index (χ2n) is 13.2. The van der Waals surface area contributed by atoms with Crippen LogP contribution in [0.5, 0.6) is 0 Å². The summed E-state index contributed by atoms with van der Waals surface area (Å²) in [6.45, 7) is 11.2. The topological polar surface area (TPSA) is 196 Å². The van der Waals surface area contributed by atoms with E-state index in [0.29, 0.717) is 33.2 Å². The molecule has 4 aromatic rings. The number of fused-ring (bicyclic) bond motifs is 1. The molecular formula is C29H35BrClN11O6. The Morgan fingerprint density at radius 3 is 2.44 bits per heavy atom. The lowest BCUT2D eigenvalue weighted by atomic mass is 9.97. The van der Waals surface area contributed by atoms with Gasteiger partial charge in [0.05, 0.1) is 12.9 Å². The van der Waals surface area contributed by atoms with Gasteiger partial charge in [0.2, 0.25) is 0 Å². The smallest absolute Gasteiger partial charge is 0.425 e. The van der Waals surface area contributed by atoms with Crippen LogP contribution in [0.4, 0.5) is 25.9 Å². The number of aryl methyl sites for hydroxylation is 1. The highest BCUT2D eigenvalue weighted by Crippen LogP contribution is 2.39. The van der Waals surface area contributed by atoms with Gasteiger partial charge >= 0.3 is 18.3 Å². The fourth-order valence-electron chi connectivity index (χ4n) is 5.40.